The molecule has 5 nitrogen and oxygen atoms in total. The molecule has 0 aromatic carbocycles. The fraction of sp³-hybridized carbons (Fsp3) is 0.667. The van der Waals surface area contributed by atoms with Gasteiger partial charge in [-0.15, -0.1) is 0 Å². The van der Waals surface area contributed by atoms with Gasteiger partial charge in [0.2, 0.25) is 0 Å². The van der Waals surface area contributed by atoms with Crippen LogP contribution in [0.25, 0.3) is 0 Å². The number of aliphatic hydroxyl groups excluding tert-OH is 1. The van der Waals surface area contributed by atoms with Crippen LogP contribution in [0.15, 0.2) is 46.6 Å². The summed E-state index contributed by atoms with van der Waals surface area (Å²) in [6.07, 6.45) is 12.4. The number of esters is 2. The molecule has 1 N–H and O–H groups in total. The first-order valence-corrected chi connectivity index (χ1v) is 13.3. The van der Waals surface area contributed by atoms with Gasteiger partial charge in [0.1, 0.15) is 11.7 Å². The van der Waals surface area contributed by atoms with Crippen LogP contribution in [0.1, 0.15) is 80.1 Å². The maximum atomic E-state index is 12.3. The Morgan fingerprint density at radius 2 is 1.86 bits per heavy atom. The van der Waals surface area contributed by atoms with Gasteiger partial charge in [0.15, 0.2) is 0 Å². The van der Waals surface area contributed by atoms with Gasteiger partial charge in [-0.2, -0.15) is 0 Å². The number of aliphatic hydroxyl groups is 1. The van der Waals surface area contributed by atoms with Crippen molar-refractivity contribution in [3.63, 3.8) is 0 Å². The highest BCUT2D eigenvalue weighted by Gasteiger charge is 2.64. The molecule has 0 saturated heterocycles. The molecule has 0 spiro atoms. The van der Waals surface area contributed by atoms with Gasteiger partial charge in [0.05, 0.1) is 6.10 Å². The fourth-order valence-electron chi connectivity index (χ4n) is 8.18. The normalized spacial score (nSPS) is 41.3. The van der Waals surface area contributed by atoms with E-state index < -0.39 is 11.7 Å². The minimum Gasteiger partial charge on any atom is -0.458 e. The molecule has 7 unspecified atom stereocenters. The number of carbonyl (C=O) groups excluding carboxylic acids is 2. The van der Waals surface area contributed by atoms with Crippen LogP contribution in [-0.2, 0) is 19.1 Å². The van der Waals surface area contributed by atoms with Crippen molar-refractivity contribution in [3.05, 3.63) is 46.6 Å². The van der Waals surface area contributed by atoms with E-state index in [1.54, 1.807) is 6.08 Å². The SMILES string of the molecule is CC1=CCC(C(C)C2CC(O)C3(C)C4=C(C=C5C=CC(=O)OC(C)(C)C5CC4)CCC23C)OC1=O. The molecule has 3 aliphatic carbocycles. The molecule has 1 fully saturated rings. The second kappa shape index (κ2) is 8.19. The standard InChI is InChI=1S/C30H40O5/c1-17-7-11-24(34-27(17)33)18(2)23-16-25(31)30(6)22-10-9-21-19(8-12-26(32)35-28(21,3)4)15-20(22)13-14-29(23,30)5/h7-8,12,15,18,21,23-25,31H,9-11,13-14,16H2,1-6H3. The van der Waals surface area contributed by atoms with E-state index >= 15 is 0 Å². The Morgan fingerprint density at radius 1 is 1.11 bits per heavy atom. The lowest BCUT2D eigenvalue weighted by atomic mass is 9.52. The van der Waals surface area contributed by atoms with Crippen LogP contribution < -0.4 is 0 Å². The van der Waals surface area contributed by atoms with Gasteiger partial charge in [-0.1, -0.05) is 44.6 Å². The van der Waals surface area contributed by atoms with E-state index in [-0.39, 0.29) is 46.6 Å². The zero-order chi connectivity index (χ0) is 25.3. The third-order valence-electron chi connectivity index (χ3n) is 10.6. The average molecular weight is 481 g/mol. The van der Waals surface area contributed by atoms with Gasteiger partial charge in [-0.25, -0.2) is 9.59 Å². The summed E-state index contributed by atoms with van der Waals surface area (Å²) in [5.74, 6) is 0.0650. The van der Waals surface area contributed by atoms with Crippen molar-refractivity contribution in [2.75, 3.05) is 0 Å². The summed E-state index contributed by atoms with van der Waals surface area (Å²) < 4.78 is 11.6. The molecule has 0 aromatic heterocycles. The van der Waals surface area contributed by atoms with E-state index in [1.807, 2.05) is 32.9 Å². The highest BCUT2D eigenvalue weighted by molar-refractivity contribution is 5.88. The van der Waals surface area contributed by atoms with Crippen molar-refractivity contribution in [3.8, 4) is 0 Å². The Kier molecular flexibility index (Phi) is 5.75. The summed E-state index contributed by atoms with van der Waals surface area (Å²) in [5, 5.41) is 11.7. The van der Waals surface area contributed by atoms with Gasteiger partial charge in [0, 0.05) is 29.4 Å². The molecule has 5 aliphatic rings. The summed E-state index contributed by atoms with van der Waals surface area (Å²) in [7, 11) is 0. The van der Waals surface area contributed by atoms with Crippen molar-refractivity contribution in [2.24, 2.45) is 28.6 Å². The van der Waals surface area contributed by atoms with E-state index in [1.165, 1.54) is 11.1 Å². The van der Waals surface area contributed by atoms with Crippen LogP contribution in [-0.4, -0.2) is 34.9 Å². The zero-order valence-corrected chi connectivity index (χ0v) is 22.0. The molecule has 5 rings (SSSR count). The Bertz CT molecular complexity index is 1070. The number of fused-ring (bicyclic) bond motifs is 3. The molecule has 35 heavy (non-hydrogen) atoms. The number of allylic oxidation sites excluding steroid dienone is 3. The summed E-state index contributed by atoms with van der Waals surface area (Å²) in [5.41, 5.74) is 3.55. The molecule has 0 radical (unpaired) electrons. The first-order chi connectivity index (χ1) is 16.4. The van der Waals surface area contributed by atoms with E-state index in [4.69, 9.17) is 9.47 Å². The summed E-state index contributed by atoms with van der Waals surface area (Å²) >= 11 is 0. The number of ether oxygens (including phenoxy) is 2. The van der Waals surface area contributed by atoms with Gasteiger partial charge in [-0.05, 0) is 81.3 Å². The van der Waals surface area contributed by atoms with Crippen molar-refractivity contribution in [2.45, 2.75) is 97.9 Å². The number of carbonyl (C=O) groups is 2. The molecule has 2 aliphatic heterocycles. The number of hydrogen-bond acceptors (Lipinski definition) is 5. The summed E-state index contributed by atoms with van der Waals surface area (Å²) in [4.78, 5) is 24.4. The van der Waals surface area contributed by atoms with Crippen LogP contribution in [0.5, 0.6) is 0 Å². The molecular formula is C30H40O5. The fourth-order valence-corrected chi connectivity index (χ4v) is 8.18. The van der Waals surface area contributed by atoms with Gasteiger partial charge in [-0.3, -0.25) is 0 Å². The first kappa shape index (κ1) is 24.5. The highest BCUT2D eigenvalue weighted by Crippen LogP contribution is 2.68. The molecular weight excluding hydrogens is 440 g/mol. The number of rotatable bonds is 2. The maximum Gasteiger partial charge on any atom is 0.333 e. The third-order valence-corrected chi connectivity index (χ3v) is 10.6. The monoisotopic (exact) mass is 480 g/mol. The van der Waals surface area contributed by atoms with Crippen molar-refractivity contribution in [1.29, 1.82) is 0 Å². The molecule has 2 heterocycles. The Hall–Kier alpha value is -2.14. The van der Waals surface area contributed by atoms with E-state index in [0.717, 1.165) is 44.1 Å². The minimum absolute atomic E-state index is 0.0873. The maximum absolute atomic E-state index is 12.3. The average Bonchev–Trinajstić information content (AvgIpc) is 2.93. The Morgan fingerprint density at radius 3 is 2.57 bits per heavy atom. The molecule has 0 amide bonds. The van der Waals surface area contributed by atoms with Crippen LogP contribution >= 0.6 is 0 Å². The third kappa shape index (κ3) is 3.60. The highest BCUT2D eigenvalue weighted by atomic mass is 16.6. The molecule has 5 heteroatoms. The zero-order valence-electron chi connectivity index (χ0n) is 22.0. The van der Waals surface area contributed by atoms with Crippen LogP contribution in [0.2, 0.25) is 0 Å². The quantitative estimate of drug-likeness (QED) is 0.521. The van der Waals surface area contributed by atoms with E-state index in [9.17, 15) is 14.7 Å². The largest absolute Gasteiger partial charge is 0.458 e. The van der Waals surface area contributed by atoms with Crippen molar-refractivity contribution < 1.29 is 24.2 Å². The topological polar surface area (TPSA) is 72.8 Å². The smallest absolute Gasteiger partial charge is 0.333 e. The molecule has 190 valence electrons. The van der Waals surface area contributed by atoms with Gasteiger partial charge >= 0.3 is 11.9 Å². The van der Waals surface area contributed by atoms with Crippen molar-refractivity contribution >= 4 is 11.9 Å². The Labute approximate surface area is 209 Å². The molecule has 1 saturated carbocycles. The van der Waals surface area contributed by atoms with E-state index in [0.29, 0.717) is 5.57 Å². The van der Waals surface area contributed by atoms with Gasteiger partial charge in [0.25, 0.3) is 0 Å². The summed E-state index contributed by atoms with van der Waals surface area (Å²) in [6.45, 7) is 12.7. The molecule has 7 atom stereocenters. The van der Waals surface area contributed by atoms with Gasteiger partial charge < -0.3 is 14.6 Å². The molecule has 0 aromatic rings. The molecule has 0 bridgehead atoms. The van der Waals surface area contributed by atoms with Crippen LogP contribution in [0.3, 0.4) is 0 Å². The first-order valence-electron chi connectivity index (χ1n) is 13.3. The predicted molar refractivity (Wildman–Crippen MR) is 134 cm³/mol. The van der Waals surface area contributed by atoms with Crippen LogP contribution in [0.4, 0.5) is 0 Å². The summed E-state index contributed by atoms with van der Waals surface area (Å²) in [6, 6.07) is 0. The number of cyclic esters (lactones) is 2. The lowest BCUT2D eigenvalue weighted by Crippen LogP contribution is -2.48. The Balaban J connectivity index is 1.50. The number of hydrogen-bond donors (Lipinski definition) is 1. The second-order valence-corrected chi connectivity index (χ2v) is 12.5. The lowest BCUT2D eigenvalue weighted by Gasteiger charge is -2.53. The second-order valence-electron chi connectivity index (χ2n) is 12.5. The minimum atomic E-state index is -0.576. The predicted octanol–water partition coefficient (Wildman–Crippen LogP) is 5.60. The van der Waals surface area contributed by atoms with E-state index in [2.05, 4.69) is 26.8 Å². The lowest BCUT2D eigenvalue weighted by molar-refractivity contribution is -0.153. The van der Waals surface area contributed by atoms with Crippen molar-refractivity contribution in [1.82, 2.24) is 0 Å². The van der Waals surface area contributed by atoms with Crippen LogP contribution in [0, 0.1) is 28.6 Å².